The fourth-order valence-electron chi connectivity index (χ4n) is 10.9. The van der Waals surface area contributed by atoms with Gasteiger partial charge in [-0.1, -0.05) is 131 Å². The lowest BCUT2D eigenvalue weighted by Crippen LogP contribution is -2.17. The summed E-state index contributed by atoms with van der Waals surface area (Å²) in [5.74, 6) is 3.28. The molecule has 4 aliphatic rings. The fourth-order valence-corrected chi connectivity index (χ4v) is 10.9. The third-order valence-corrected chi connectivity index (χ3v) is 13.8. The van der Waals surface area contributed by atoms with Crippen LogP contribution in [0.25, 0.3) is 33.4 Å². The van der Waals surface area contributed by atoms with Crippen molar-refractivity contribution in [1.82, 2.24) is 0 Å². The molecule has 0 amide bonds. The first kappa shape index (κ1) is 32.7. The average molecular weight is 690 g/mol. The molecule has 0 spiro atoms. The SMILES string of the molecule is CC1(C)c2cc(N(c3ccc(C4CCCCC4)cc3)c3ccc(C4CC5CCC4C5)cc3)ccc2-c2c(-c3ccccc3)cc(-c3ccccc3)cc21. The highest BCUT2D eigenvalue weighted by atomic mass is 15.1. The van der Waals surface area contributed by atoms with Crippen LogP contribution in [-0.4, -0.2) is 0 Å². The molecule has 1 heteroatoms. The maximum Gasteiger partial charge on any atom is 0.0465 e. The smallest absolute Gasteiger partial charge is 0.0465 e. The molecule has 3 unspecified atom stereocenters. The summed E-state index contributed by atoms with van der Waals surface area (Å²) in [6.45, 7) is 4.86. The predicted octanol–water partition coefficient (Wildman–Crippen LogP) is 14.7. The van der Waals surface area contributed by atoms with E-state index in [2.05, 4.69) is 158 Å². The Morgan fingerprint density at radius 3 is 1.77 bits per heavy atom. The second-order valence-electron chi connectivity index (χ2n) is 17.2. The van der Waals surface area contributed by atoms with E-state index in [4.69, 9.17) is 0 Å². The van der Waals surface area contributed by atoms with Gasteiger partial charge in [-0.05, 0) is 160 Å². The summed E-state index contributed by atoms with van der Waals surface area (Å²) in [6, 6.07) is 53.4. The van der Waals surface area contributed by atoms with E-state index >= 15 is 0 Å². The Morgan fingerprint density at radius 1 is 0.491 bits per heavy atom. The highest BCUT2D eigenvalue weighted by Gasteiger charge is 2.41. The number of hydrogen-bond acceptors (Lipinski definition) is 1. The van der Waals surface area contributed by atoms with Crippen LogP contribution < -0.4 is 4.90 Å². The van der Waals surface area contributed by atoms with E-state index in [0.29, 0.717) is 5.92 Å². The molecule has 3 atom stereocenters. The van der Waals surface area contributed by atoms with Crippen LogP contribution >= 0.6 is 0 Å². The van der Waals surface area contributed by atoms with Gasteiger partial charge in [-0.15, -0.1) is 0 Å². The van der Waals surface area contributed by atoms with E-state index in [-0.39, 0.29) is 5.41 Å². The van der Waals surface area contributed by atoms with Gasteiger partial charge in [0.15, 0.2) is 0 Å². The van der Waals surface area contributed by atoms with Gasteiger partial charge in [0.25, 0.3) is 0 Å². The molecule has 6 aromatic carbocycles. The largest absolute Gasteiger partial charge is 0.310 e. The van der Waals surface area contributed by atoms with Crippen LogP contribution in [-0.2, 0) is 5.41 Å². The van der Waals surface area contributed by atoms with Crippen molar-refractivity contribution < 1.29 is 0 Å². The van der Waals surface area contributed by atoms with Crippen molar-refractivity contribution in [2.24, 2.45) is 11.8 Å². The van der Waals surface area contributed by atoms with E-state index < -0.39 is 0 Å². The Balaban J connectivity index is 1.09. The lowest BCUT2D eigenvalue weighted by atomic mass is 9.80. The average Bonchev–Trinajstić information content (AvgIpc) is 3.92. The van der Waals surface area contributed by atoms with E-state index in [1.165, 1.54) is 125 Å². The maximum absolute atomic E-state index is 2.52. The van der Waals surface area contributed by atoms with Crippen LogP contribution in [0.15, 0.2) is 140 Å². The fraction of sp³-hybridized carbons (Fsp3) is 0.308. The summed E-state index contributed by atoms with van der Waals surface area (Å²) in [6.07, 6.45) is 12.5. The minimum atomic E-state index is -0.169. The third-order valence-electron chi connectivity index (χ3n) is 13.8. The second-order valence-corrected chi connectivity index (χ2v) is 17.2. The predicted molar refractivity (Wildman–Crippen MR) is 224 cm³/mol. The molecule has 0 heterocycles. The number of rotatable bonds is 7. The molecule has 10 rings (SSSR count). The molecule has 0 saturated heterocycles. The monoisotopic (exact) mass is 689 g/mol. The molecular weight excluding hydrogens is 639 g/mol. The summed E-state index contributed by atoms with van der Waals surface area (Å²) in [5.41, 5.74) is 17.2. The minimum Gasteiger partial charge on any atom is -0.310 e. The molecule has 53 heavy (non-hydrogen) atoms. The topological polar surface area (TPSA) is 3.24 Å². The van der Waals surface area contributed by atoms with Crippen molar-refractivity contribution in [3.63, 3.8) is 0 Å². The van der Waals surface area contributed by atoms with Crippen molar-refractivity contribution in [3.05, 3.63) is 162 Å². The van der Waals surface area contributed by atoms with Gasteiger partial charge in [-0.25, -0.2) is 0 Å². The molecule has 0 aliphatic heterocycles. The highest BCUT2D eigenvalue weighted by molar-refractivity contribution is 5.96. The van der Waals surface area contributed by atoms with Crippen LogP contribution in [0.4, 0.5) is 17.1 Å². The quantitative estimate of drug-likeness (QED) is 0.161. The van der Waals surface area contributed by atoms with Crippen LogP contribution in [0, 0.1) is 11.8 Å². The standard InChI is InChI=1S/C52H51N/c1-52(2)49-34-45(28-29-46(49)51-48(39-16-10-5-11-17-39)32-42(33-50(51)52)37-14-8-4-9-15-37)53(43-24-20-38(21-25-43)36-12-6-3-7-13-36)44-26-22-40(23-27-44)47-31-35-18-19-41(47)30-35/h4-5,8-11,14-17,20-29,32-36,41,47H,3,6-7,12-13,18-19,30-31H2,1-2H3. The van der Waals surface area contributed by atoms with Crippen molar-refractivity contribution >= 4 is 17.1 Å². The molecule has 0 aromatic heterocycles. The molecular formula is C52H51N. The number of benzene rings is 6. The highest BCUT2D eigenvalue weighted by Crippen LogP contribution is 2.56. The first-order valence-electron chi connectivity index (χ1n) is 20.5. The van der Waals surface area contributed by atoms with Crippen LogP contribution in [0.1, 0.15) is 106 Å². The van der Waals surface area contributed by atoms with E-state index in [1.807, 2.05) is 0 Å². The van der Waals surface area contributed by atoms with Crippen molar-refractivity contribution in [1.29, 1.82) is 0 Å². The number of anilines is 3. The summed E-state index contributed by atoms with van der Waals surface area (Å²) in [7, 11) is 0. The van der Waals surface area contributed by atoms with Crippen LogP contribution in [0.5, 0.6) is 0 Å². The number of nitrogens with zero attached hydrogens (tertiary/aromatic N) is 1. The second kappa shape index (κ2) is 13.2. The molecule has 0 N–H and O–H groups in total. The van der Waals surface area contributed by atoms with E-state index in [9.17, 15) is 0 Å². The zero-order valence-corrected chi connectivity index (χ0v) is 31.4. The molecule has 6 aromatic rings. The summed E-state index contributed by atoms with van der Waals surface area (Å²) < 4.78 is 0. The summed E-state index contributed by atoms with van der Waals surface area (Å²) in [4.78, 5) is 2.52. The Bertz CT molecular complexity index is 2240. The number of fused-ring (bicyclic) bond motifs is 5. The molecule has 264 valence electrons. The van der Waals surface area contributed by atoms with Gasteiger partial charge in [-0.2, -0.15) is 0 Å². The van der Waals surface area contributed by atoms with Gasteiger partial charge in [-0.3, -0.25) is 0 Å². The summed E-state index contributed by atoms with van der Waals surface area (Å²) >= 11 is 0. The van der Waals surface area contributed by atoms with Crippen LogP contribution in [0.3, 0.4) is 0 Å². The lowest BCUT2D eigenvalue weighted by molar-refractivity contribution is 0.420. The van der Waals surface area contributed by atoms with Gasteiger partial charge < -0.3 is 4.90 Å². The lowest BCUT2D eigenvalue weighted by Gasteiger charge is -2.29. The zero-order chi connectivity index (χ0) is 35.5. The van der Waals surface area contributed by atoms with Crippen LogP contribution in [0.2, 0.25) is 0 Å². The van der Waals surface area contributed by atoms with Crippen molar-refractivity contribution in [2.75, 3.05) is 4.90 Å². The first-order chi connectivity index (χ1) is 26.0. The summed E-state index contributed by atoms with van der Waals surface area (Å²) in [5, 5.41) is 0. The Morgan fingerprint density at radius 2 is 1.13 bits per heavy atom. The molecule has 0 radical (unpaired) electrons. The van der Waals surface area contributed by atoms with Gasteiger partial charge in [0.2, 0.25) is 0 Å². The third kappa shape index (κ3) is 5.75. The maximum atomic E-state index is 2.52. The van der Waals surface area contributed by atoms with Crippen molar-refractivity contribution in [2.45, 2.75) is 88.9 Å². The van der Waals surface area contributed by atoms with Gasteiger partial charge in [0, 0.05) is 22.5 Å². The zero-order valence-electron chi connectivity index (χ0n) is 31.4. The molecule has 2 bridgehead atoms. The first-order valence-corrected chi connectivity index (χ1v) is 20.5. The number of hydrogen-bond donors (Lipinski definition) is 0. The van der Waals surface area contributed by atoms with Gasteiger partial charge in [0.1, 0.15) is 0 Å². The Hall–Kier alpha value is -4.88. The van der Waals surface area contributed by atoms with E-state index in [1.54, 1.807) is 5.56 Å². The minimum absolute atomic E-state index is 0.169. The molecule has 3 fully saturated rings. The van der Waals surface area contributed by atoms with E-state index in [0.717, 1.165) is 17.8 Å². The van der Waals surface area contributed by atoms with Gasteiger partial charge in [0.05, 0.1) is 0 Å². The molecule has 4 aliphatic carbocycles. The van der Waals surface area contributed by atoms with Crippen molar-refractivity contribution in [3.8, 4) is 33.4 Å². The van der Waals surface area contributed by atoms with Gasteiger partial charge >= 0.3 is 0 Å². The Kier molecular flexibility index (Phi) is 8.16. The molecule has 3 saturated carbocycles. The molecule has 1 nitrogen and oxygen atoms in total. The normalized spacial score (nSPS) is 21.4. The Labute approximate surface area is 316 Å².